The molecular formula is C33H35N7O2. The largest absolute Gasteiger partial charge is 0.494 e. The second-order valence-electron chi connectivity index (χ2n) is 12.3. The molecule has 9 heteroatoms. The molecular weight excluding hydrogens is 526 g/mol. The maximum absolute atomic E-state index is 13.7. The van der Waals surface area contributed by atoms with Gasteiger partial charge in [-0.25, -0.2) is 9.97 Å². The van der Waals surface area contributed by atoms with E-state index in [-0.39, 0.29) is 18.0 Å². The number of nitrogen functional groups attached to an aromatic ring is 1. The smallest absolute Gasteiger partial charge is 0.254 e. The molecule has 1 amide bonds. The third kappa shape index (κ3) is 3.90. The van der Waals surface area contributed by atoms with Gasteiger partial charge in [0.05, 0.1) is 24.0 Å². The number of anilines is 1. The van der Waals surface area contributed by atoms with E-state index in [0.717, 1.165) is 76.5 Å². The Bertz CT molecular complexity index is 1880. The number of aromatic nitrogens is 4. The number of piperidine rings is 1. The van der Waals surface area contributed by atoms with Gasteiger partial charge in [-0.2, -0.15) is 0 Å². The average Bonchev–Trinajstić information content (AvgIpc) is 3.40. The highest BCUT2D eigenvalue weighted by atomic mass is 16.5. The fraction of sp³-hybridized carbons (Fsp3) is 0.364. The van der Waals surface area contributed by atoms with Crippen LogP contribution in [0.15, 0.2) is 54.6 Å². The van der Waals surface area contributed by atoms with E-state index in [1.54, 1.807) is 7.11 Å². The number of nitrogens with two attached hydrogens (primary N) is 2. The third-order valence-corrected chi connectivity index (χ3v) is 9.61. The number of imidazole rings is 1. The molecule has 9 nitrogen and oxygen atoms in total. The zero-order valence-corrected chi connectivity index (χ0v) is 24.0. The minimum absolute atomic E-state index is 0.00572. The summed E-state index contributed by atoms with van der Waals surface area (Å²) in [5, 5.41) is 1.06. The summed E-state index contributed by atoms with van der Waals surface area (Å²) in [6.07, 6.45) is 4.52. The number of benzene rings is 2. The van der Waals surface area contributed by atoms with E-state index in [4.69, 9.17) is 26.2 Å². The second kappa shape index (κ2) is 9.32. The van der Waals surface area contributed by atoms with E-state index in [0.29, 0.717) is 23.1 Å². The number of fused-ring (bicyclic) bond motifs is 4. The topological polar surface area (TPSA) is 117 Å². The van der Waals surface area contributed by atoms with E-state index in [9.17, 15) is 4.79 Å². The van der Waals surface area contributed by atoms with Gasteiger partial charge in [0.2, 0.25) is 0 Å². The Morgan fingerprint density at radius 2 is 1.90 bits per heavy atom. The first-order chi connectivity index (χ1) is 20.4. The molecule has 0 spiro atoms. The number of amides is 1. The standard InChI is InChI=1S/C33H35N7O2/c1-38-30-25(13-22(15-28(30)42-2)33(41)40-17-21-9-11-26(40)29(21)35)37-32(38)27-14-20-8-10-24(19-4-3-5-23(34)12-19)36-31(20)39(27)16-18-6-7-18/h3-5,8,10,12-15,18,21,26,29H,6-7,9,11,16-17,34-35H2,1-2H3/t21?,26?,29-/m1/s1. The molecule has 1 aliphatic heterocycles. The lowest BCUT2D eigenvalue weighted by Gasteiger charge is -2.27. The molecule has 0 radical (unpaired) electrons. The summed E-state index contributed by atoms with van der Waals surface area (Å²) in [4.78, 5) is 25.9. The molecule has 1 saturated heterocycles. The Morgan fingerprint density at radius 3 is 2.62 bits per heavy atom. The Kier molecular flexibility index (Phi) is 5.63. The predicted octanol–water partition coefficient (Wildman–Crippen LogP) is 4.82. The molecule has 214 valence electrons. The van der Waals surface area contributed by atoms with Crippen molar-refractivity contribution >= 4 is 33.7 Å². The number of pyridine rings is 1. The van der Waals surface area contributed by atoms with Gasteiger partial charge in [0.15, 0.2) is 5.82 Å². The van der Waals surface area contributed by atoms with Gasteiger partial charge in [0.25, 0.3) is 5.91 Å². The number of methoxy groups -OCH3 is 1. The van der Waals surface area contributed by atoms with Crippen LogP contribution in [0.25, 0.3) is 44.8 Å². The lowest BCUT2D eigenvalue weighted by atomic mass is 10.1. The van der Waals surface area contributed by atoms with Crippen LogP contribution in [0.3, 0.4) is 0 Å². The van der Waals surface area contributed by atoms with E-state index in [2.05, 4.69) is 27.3 Å². The van der Waals surface area contributed by atoms with Crippen molar-refractivity contribution in [1.82, 2.24) is 24.0 Å². The number of ether oxygens (including phenoxy) is 1. The minimum Gasteiger partial charge on any atom is -0.494 e. The van der Waals surface area contributed by atoms with Crippen LogP contribution in [0.1, 0.15) is 36.0 Å². The maximum atomic E-state index is 13.7. The second-order valence-corrected chi connectivity index (χ2v) is 12.3. The molecule has 42 heavy (non-hydrogen) atoms. The monoisotopic (exact) mass is 561 g/mol. The average molecular weight is 562 g/mol. The maximum Gasteiger partial charge on any atom is 0.254 e. The molecule has 4 heterocycles. The molecule has 2 unspecified atom stereocenters. The molecule has 3 fully saturated rings. The number of hydrogen-bond acceptors (Lipinski definition) is 6. The molecule has 8 rings (SSSR count). The molecule has 2 saturated carbocycles. The molecule has 3 aliphatic rings. The van der Waals surface area contributed by atoms with Crippen LogP contribution in [0.2, 0.25) is 0 Å². The Labute approximate surface area is 244 Å². The summed E-state index contributed by atoms with van der Waals surface area (Å²) < 4.78 is 10.2. The summed E-state index contributed by atoms with van der Waals surface area (Å²) >= 11 is 0. The van der Waals surface area contributed by atoms with Crippen molar-refractivity contribution in [2.75, 3.05) is 19.4 Å². The highest BCUT2D eigenvalue weighted by Crippen LogP contribution is 2.40. The summed E-state index contributed by atoms with van der Waals surface area (Å²) in [6.45, 7) is 1.61. The van der Waals surface area contributed by atoms with Gasteiger partial charge in [-0.15, -0.1) is 0 Å². The number of carbonyl (C=O) groups excluding carboxylic acids is 1. The van der Waals surface area contributed by atoms with Gasteiger partial charge in [0, 0.05) is 54.4 Å². The van der Waals surface area contributed by atoms with E-state index >= 15 is 0 Å². The first-order valence-electron chi connectivity index (χ1n) is 14.9. The van der Waals surface area contributed by atoms with Crippen LogP contribution < -0.4 is 16.2 Å². The van der Waals surface area contributed by atoms with Crippen LogP contribution >= 0.6 is 0 Å². The van der Waals surface area contributed by atoms with Crippen LogP contribution in [0.5, 0.6) is 5.75 Å². The Morgan fingerprint density at radius 1 is 1.05 bits per heavy atom. The Balaban J connectivity index is 1.25. The van der Waals surface area contributed by atoms with Crippen molar-refractivity contribution in [3.8, 4) is 28.5 Å². The van der Waals surface area contributed by atoms with Crippen LogP contribution in [0, 0.1) is 11.8 Å². The summed E-state index contributed by atoms with van der Waals surface area (Å²) in [7, 11) is 3.66. The zero-order chi connectivity index (χ0) is 28.7. The lowest BCUT2D eigenvalue weighted by molar-refractivity contribution is 0.0700. The lowest BCUT2D eigenvalue weighted by Crippen LogP contribution is -2.41. The van der Waals surface area contributed by atoms with Crippen LogP contribution in [-0.2, 0) is 13.6 Å². The van der Waals surface area contributed by atoms with Crippen molar-refractivity contribution in [1.29, 1.82) is 0 Å². The molecule has 3 atom stereocenters. The number of rotatable bonds is 6. The highest BCUT2D eigenvalue weighted by Gasteiger charge is 2.47. The van der Waals surface area contributed by atoms with Gasteiger partial charge in [-0.1, -0.05) is 12.1 Å². The van der Waals surface area contributed by atoms with Gasteiger partial charge in [-0.05, 0) is 80.0 Å². The number of likely N-dealkylation sites (tertiary alicyclic amines) is 1. The molecule has 2 aromatic carbocycles. The fourth-order valence-corrected chi connectivity index (χ4v) is 7.18. The fourth-order valence-electron chi connectivity index (χ4n) is 7.18. The SMILES string of the molecule is COc1cc(C(=O)N2CC3CCC2[C@@H]3N)cc2nc(-c3cc4ccc(-c5cccc(N)c5)nc4n3CC3CC3)n(C)c12. The number of hydrogen-bond donors (Lipinski definition) is 2. The van der Waals surface area contributed by atoms with Crippen LogP contribution in [0.4, 0.5) is 5.69 Å². The highest BCUT2D eigenvalue weighted by molar-refractivity contribution is 6.00. The van der Waals surface area contributed by atoms with E-state index in [1.807, 2.05) is 48.3 Å². The normalized spacial score (nSPS) is 21.6. The zero-order valence-electron chi connectivity index (χ0n) is 24.0. The first-order valence-corrected chi connectivity index (χ1v) is 14.9. The van der Waals surface area contributed by atoms with E-state index < -0.39 is 0 Å². The number of aryl methyl sites for hydroxylation is 1. The molecule has 4 N–H and O–H groups in total. The Hall–Kier alpha value is -4.37. The number of nitrogens with zero attached hydrogens (tertiary/aromatic N) is 5. The van der Waals surface area contributed by atoms with Crippen molar-refractivity contribution in [3.63, 3.8) is 0 Å². The van der Waals surface area contributed by atoms with Gasteiger partial charge in [-0.3, -0.25) is 4.79 Å². The molecule has 2 aliphatic carbocycles. The van der Waals surface area contributed by atoms with Crippen molar-refractivity contribution in [2.24, 2.45) is 24.6 Å². The molecule has 5 aromatic rings. The summed E-state index contributed by atoms with van der Waals surface area (Å²) in [5.41, 5.74) is 19.2. The predicted molar refractivity (Wildman–Crippen MR) is 164 cm³/mol. The van der Waals surface area contributed by atoms with Crippen molar-refractivity contribution < 1.29 is 9.53 Å². The van der Waals surface area contributed by atoms with Gasteiger partial charge < -0.3 is 30.2 Å². The third-order valence-electron chi connectivity index (χ3n) is 9.61. The molecule has 3 aromatic heterocycles. The minimum atomic E-state index is 0.00572. The summed E-state index contributed by atoms with van der Waals surface area (Å²) in [5.74, 6) is 2.49. The quantitative estimate of drug-likeness (QED) is 0.287. The van der Waals surface area contributed by atoms with E-state index in [1.165, 1.54) is 12.8 Å². The van der Waals surface area contributed by atoms with Gasteiger partial charge in [0.1, 0.15) is 16.9 Å². The summed E-state index contributed by atoms with van der Waals surface area (Å²) in [6, 6.07) is 18.1. The number of carbonyl (C=O) groups is 1. The van der Waals surface area contributed by atoms with Crippen molar-refractivity contribution in [2.45, 2.75) is 44.3 Å². The van der Waals surface area contributed by atoms with Gasteiger partial charge >= 0.3 is 0 Å². The van der Waals surface area contributed by atoms with Crippen LogP contribution in [-0.4, -0.2) is 55.6 Å². The van der Waals surface area contributed by atoms with Crippen molar-refractivity contribution in [3.05, 3.63) is 60.2 Å². The molecule has 2 bridgehead atoms. The first kappa shape index (κ1) is 25.3.